The zero-order chi connectivity index (χ0) is 24.1. The van der Waals surface area contributed by atoms with Crippen LogP contribution in [-0.4, -0.2) is 61.4 Å². The molecule has 2 aliphatic rings. The molecule has 6 nitrogen and oxygen atoms in total. The lowest BCUT2D eigenvalue weighted by molar-refractivity contribution is 0.468. The van der Waals surface area contributed by atoms with E-state index in [1.165, 1.54) is 12.8 Å². The molecule has 6 heteroatoms. The molecule has 0 radical (unpaired) electrons. The van der Waals surface area contributed by atoms with Crippen molar-refractivity contribution in [2.45, 2.75) is 25.8 Å². The summed E-state index contributed by atoms with van der Waals surface area (Å²) in [7, 11) is 5.82. The molecule has 3 unspecified atom stereocenters. The Morgan fingerprint density at radius 1 is 1.24 bits per heavy atom. The van der Waals surface area contributed by atoms with Gasteiger partial charge in [0, 0.05) is 69.0 Å². The third kappa shape index (κ3) is 5.12. The van der Waals surface area contributed by atoms with E-state index in [2.05, 4.69) is 58.7 Å². The molecule has 1 aromatic heterocycles. The third-order valence-corrected chi connectivity index (χ3v) is 6.83. The molecule has 178 valence electrons. The summed E-state index contributed by atoms with van der Waals surface area (Å²) in [6, 6.07) is 8.76. The Balaban J connectivity index is 1.73. The lowest BCUT2D eigenvalue weighted by atomic mass is 9.97. The lowest BCUT2D eigenvalue weighted by Crippen LogP contribution is -2.29. The smallest absolute Gasteiger partial charge is 0.161 e. The average molecular weight is 457 g/mol. The Morgan fingerprint density at radius 3 is 2.82 bits per heavy atom. The largest absolute Gasteiger partial charge is 0.383 e. The predicted molar refractivity (Wildman–Crippen MR) is 144 cm³/mol. The number of allylic oxidation sites excluding steroid dienone is 4. The molecule has 1 aliphatic heterocycles. The second-order valence-electron chi connectivity index (χ2n) is 9.33. The predicted octanol–water partition coefficient (Wildman–Crippen LogP) is 4.75. The minimum atomic E-state index is 0.417. The van der Waals surface area contributed by atoms with Crippen LogP contribution in [0.25, 0.3) is 22.5 Å². The van der Waals surface area contributed by atoms with Crippen LogP contribution in [0, 0.1) is 11.8 Å². The zero-order valence-electron chi connectivity index (χ0n) is 20.8. The Bertz CT molecular complexity index is 1110. The summed E-state index contributed by atoms with van der Waals surface area (Å²) in [4.78, 5) is 16.1. The van der Waals surface area contributed by atoms with Gasteiger partial charge in [0.05, 0.1) is 0 Å². The quantitative estimate of drug-likeness (QED) is 0.443. The standard InChI is InChI=1S/C28H36N6/c1-6-19(14-29-3)25-17-31-27(22-10-8-9-21(13-22)20(7-2)18-34(4)5)33-28(25)32-26-12-11-23-15-30-16-24(23)26/h6-10,13-14,17-18,23-24,26,30H,2,11-12,15-16H2,1,3-5H3,(H,31,32,33)/b19-6+,20-18+,29-14?. The highest BCUT2D eigenvalue weighted by molar-refractivity contribution is 6.11. The maximum absolute atomic E-state index is 5.06. The number of rotatable bonds is 8. The molecule has 2 fully saturated rings. The summed E-state index contributed by atoms with van der Waals surface area (Å²) in [5, 5.41) is 7.37. The molecule has 1 saturated heterocycles. The average Bonchev–Trinajstić information content (AvgIpc) is 3.46. The molecule has 1 aromatic carbocycles. The first kappa shape index (κ1) is 23.9. The van der Waals surface area contributed by atoms with E-state index in [9.17, 15) is 0 Å². The van der Waals surface area contributed by atoms with Crippen LogP contribution < -0.4 is 10.6 Å². The van der Waals surface area contributed by atoms with Gasteiger partial charge in [-0.15, -0.1) is 0 Å². The van der Waals surface area contributed by atoms with Crippen molar-refractivity contribution in [1.29, 1.82) is 0 Å². The molecule has 1 aliphatic carbocycles. The second-order valence-corrected chi connectivity index (χ2v) is 9.33. The molecule has 2 N–H and O–H groups in total. The van der Waals surface area contributed by atoms with Crippen LogP contribution in [0.1, 0.15) is 30.9 Å². The molecule has 1 saturated carbocycles. The van der Waals surface area contributed by atoms with Crippen LogP contribution in [-0.2, 0) is 0 Å². The molecular weight excluding hydrogens is 420 g/mol. The lowest BCUT2D eigenvalue weighted by Gasteiger charge is -2.22. The number of hydrogen-bond donors (Lipinski definition) is 2. The van der Waals surface area contributed by atoms with Crippen LogP contribution >= 0.6 is 0 Å². The molecule has 2 heterocycles. The maximum atomic E-state index is 5.06. The first-order valence-electron chi connectivity index (χ1n) is 12.1. The highest BCUT2D eigenvalue weighted by Gasteiger charge is 2.39. The molecular formula is C28H36N6. The SMILES string of the molecule is C=C/C(=C\N(C)C)c1cccc(-c2ncc(/C(C=NC)=C/C)c(NC3CCC4CNCC43)n2)c1. The van der Waals surface area contributed by atoms with Crippen molar-refractivity contribution in [3.05, 3.63) is 66.5 Å². The number of aliphatic imine (C=N–C) groups is 1. The van der Waals surface area contributed by atoms with E-state index in [0.717, 1.165) is 52.7 Å². The number of fused-ring (bicyclic) bond motifs is 1. The topological polar surface area (TPSA) is 65.4 Å². The van der Waals surface area contributed by atoms with Crippen molar-refractivity contribution in [1.82, 2.24) is 20.2 Å². The number of nitrogens with zero attached hydrogens (tertiary/aromatic N) is 4. The molecule has 2 aromatic rings. The summed E-state index contributed by atoms with van der Waals surface area (Å²) >= 11 is 0. The van der Waals surface area contributed by atoms with E-state index in [1.54, 1.807) is 7.05 Å². The van der Waals surface area contributed by atoms with Crippen molar-refractivity contribution in [3.63, 3.8) is 0 Å². The van der Waals surface area contributed by atoms with Gasteiger partial charge in [0.1, 0.15) is 5.82 Å². The van der Waals surface area contributed by atoms with Crippen LogP contribution in [0.3, 0.4) is 0 Å². The number of aromatic nitrogens is 2. The van der Waals surface area contributed by atoms with E-state index in [-0.39, 0.29) is 0 Å². The van der Waals surface area contributed by atoms with Crippen LogP contribution in [0.5, 0.6) is 0 Å². The third-order valence-electron chi connectivity index (χ3n) is 6.83. The van der Waals surface area contributed by atoms with Gasteiger partial charge in [-0.05, 0) is 55.3 Å². The fraction of sp³-hybridized carbons (Fsp3) is 0.393. The van der Waals surface area contributed by atoms with Crippen molar-refractivity contribution in [3.8, 4) is 11.4 Å². The first-order chi connectivity index (χ1) is 16.5. The van der Waals surface area contributed by atoms with Crippen molar-refractivity contribution >= 4 is 23.2 Å². The summed E-state index contributed by atoms with van der Waals surface area (Å²) in [6.07, 6.45) is 12.3. The van der Waals surface area contributed by atoms with E-state index in [1.807, 2.05) is 44.4 Å². The van der Waals surface area contributed by atoms with Gasteiger partial charge in [-0.2, -0.15) is 0 Å². The Labute approximate surface area is 203 Å². The summed E-state index contributed by atoms with van der Waals surface area (Å²) in [5.74, 6) is 3.01. The van der Waals surface area contributed by atoms with E-state index < -0.39 is 0 Å². The molecule has 0 spiro atoms. The molecule has 4 rings (SSSR count). The van der Waals surface area contributed by atoms with E-state index in [4.69, 9.17) is 9.97 Å². The summed E-state index contributed by atoms with van der Waals surface area (Å²) in [6.45, 7) is 8.22. The van der Waals surface area contributed by atoms with Gasteiger partial charge in [0.15, 0.2) is 5.82 Å². The minimum Gasteiger partial charge on any atom is -0.383 e. The summed E-state index contributed by atoms with van der Waals surface area (Å²) in [5.41, 5.74) is 5.14. The molecule has 0 amide bonds. The Morgan fingerprint density at radius 2 is 2.09 bits per heavy atom. The van der Waals surface area contributed by atoms with Gasteiger partial charge in [0.25, 0.3) is 0 Å². The highest BCUT2D eigenvalue weighted by Crippen LogP contribution is 2.37. The monoisotopic (exact) mass is 456 g/mol. The number of nitrogens with one attached hydrogen (secondary N) is 2. The first-order valence-corrected chi connectivity index (χ1v) is 12.1. The number of anilines is 1. The fourth-order valence-electron chi connectivity index (χ4n) is 5.14. The molecule has 34 heavy (non-hydrogen) atoms. The van der Waals surface area contributed by atoms with E-state index >= 15 is 0 Å². The van der Waals surface area contributed by atoms with Gasteiger partial charge >= 0.3 is 0 Å². The van der Waals surface area contributed by atoms with Crippen LogP contribution in [0.4, 0.5) is 5.82 Å². The number of hydrogen-bond acceptors (Lipinski definition) is 6. The van der Waals surface area contributed by atoms with Gasteiger partial charge in [0.2, 0.25) is 0 Å². The van der Waals surface area contributed by atoms with E-state index in [0.29, 0.717) is 17.8 Å². The Hall–Kier alpha value is -3.25. The highest BCUT2D eigenvalue weighted by atomic mass is 15.1. The fourth-order valence-corrected chi connectivity index (χ4v) is 5.14. The number of benzene rings is 1. The van der Waals surface area contributed by atoms with Crippen LogP contribution in [0.2, 0.25) is 0 Å². The minimum absolute atomic E-state index is 0.417. The van der Waals surface area contributed by atoms with Gasteiger partial charge in [-0.3, -0.25) is 4.99 Å². The van der Waals surface area contributed by atoms with Crippen LogP contribution in [0.15, 0.2) is 60.4 Å². The van der Waals surface area contributed by atoms with Crippen molar-refractivity contribution < 1.29 is 0 Å². The molecule has 0 bridgehead atoms. The second kappa shape index (κ2) is 10.8. The normalized spacial score (nSPS) is 22.8. The van der Waals surface area contributed by atoms with Gasteiger partial charge in [-0.25, -0.2) is 9.97 Å². The summed E-state index contributed by atoms with van der Waals surface area (Å²) < 4.78 is 0. The van der Waals surface area contributed by atoms with Crippen molar-refractivity contribution in [2.24, 2.45) is 16.8 Å². The Kier molecular flexibility index (Phi) is 7.58. The van der Waals surface area contributed by atoms with Gasteiger partial charge < -0.3 is 15.5 Å². The van der Waals surface area contributed by atoms with Gasteiger partial charge in [-0.1, -0.05) is 36.9 Å². The maximum Gasteiger partial charge on any atom is 0.161 e. The zero-order valence-corrected chi connectivity index (χ0v) is 20.8. The van der Waals surface area contributed by atoms with Crippen molar-refractivity contribution in [2.75, 3.05) is 39.5 Å². The molecule has 3 atom stereocenters.